The first-order valence-corrected chi connectivity index (χ1v) is 22.2. The molecule has 0 radical (unpaired) electrons. The fraction of sp³-hybridized carbons (Fsp3) is 0.850. The van der Waals surface area contributed by atoms with E-state index in [0.717, 1.165) is 57.8 Å². The molecule has 0 N–H and O–H groups in total. The number of hydrogen-bond donors (Lipinski definition) is 0. The minimum Gasteiger partial charge on any atom is -0.462 e. The molecule has 0 bridgehead atoms. The van der Waals surface area contributed by atoms with Crippen LogP contribution < -0.4 is 0 Å². The molecule has 0 spiro atoms. The molecule has 8 nitrogen and oxygen atoms in total. The summed E-state index contributed by atoms with van der Waals surface area (Å²) in [6.07, 6.45) is 15.3. The number of cyclic esters (lactones) is 1. The van der Waals surface area contributed by atoms with Crippen molar-refractivity contribution in [3.05, 3.63) is 24.3 Å². The van der Waals surface area contributed by atoms with Gasteiger partial charge in [0.05, 0.1) is 37.4 Å². The maximum atomic E-state index is 12.5. The van der Waals surface area contributed by atoms with Gasteiger partial charge in [0, 0.05) is 19.1 Å². The number of esters is 1. The Morgan fingerprint density at radius 3 is 1.92 bits per heavy atom. The second-order valence-corrected chi connectivity index (χ2v) is 21.3. The smallest absolute Gasteiger partial charge is 0.309 e. The Morgan fingerprint density at radius 2 is 1.47 bits per heavy atom. The molecule has 5 unspecified atom stereocenters. The molecule has 0 aromatic heterocycles. The van der Waals surface area contributed by atoms with Gasteiger partial charge in [-0.2, -0.15) is 0 Å². The minimum absolute atomic E-state index is 0.0116. The molecule has 3 aliphatic rings. The highest BCUT2D eigenvalue weighted by molar-refractivity contribution is 6.74. The van der Waals surface area contributed by atoms with E-state index in [1.807, 2.05) is 13.8 Å². The van der Waals surface area contributed by atoms with Crippen molar-refractivity contribution in [2.24, 2.45) is 11.8 Å². The van der Waals surface area contributed by atoms with Crippen LogP contribution in [0, 0.1) is 11.8 Å². The quantitative estimate of drug-likeness (QED) is 0.0607. The highest BCUT2D eigenvalue weighted by Gasteiger charge is 2.40. The topological polar surface area (TPSA) is 83.5 Å². The minimum atomic E-state index is -1.95. The molecule has 3 aliphatic heterocycles. The number of rotatable bonds is 18. The molecule has 3 rings (SSSR count). The van der Waals surface area contributed by atoms with E-state index in [1.165, 1.54) is 49.0 Å². The Morgan fingerprint density at radius 1 is 0.939 bits per heavy atom. The fourth-order valence-electron chi connectivity index (χ4n) is 6.73. The lowest BCUT2D eigenvalue weighted by atomic mass is 9.96. The highest BCUT2D eigenvalue weighted by Crippen LogP contribution is 2.39. The molecular formula is C40H73NO7Si. The number of hydrogen-bond acceptors (Lipinski definition) is 7. The predicted octanol–water partition coefficient (Wildman–Crippen LogP) is 9.73. The van der Waals surface area contributed by atoms with Gasteiger partial charge in [-0.25, -0.2) is 5.06 Å². The third kappa shape index (κ3) is 14.2. The predicted molar refractivity (Wildman–Crippen MR) is 202 cm³/mol. The molecule has 9 heteroatoms. The van der Waals surface area contributed by atoms with Crippen LogP contribution in [0.5, 0.6) is 0 Å². The van der Waals surface area contributed by atoms with Crippen molar-refractivity contribution < 1.29 is 33.1 Å². The van der Waals surface area contributed by atoms with Crippen LogP contribution in [0.4, 0.5) is 0 Å². The summed E-state index contributed by atoms with van der Waals surface area (Å²) in [4.78, 5) is 29.0. The van der Waals surface area contributed by atoms with Crippen LogP contribution in [-0.2, 0) is 33.1 Å². The average Bonchev–Trinajstić information content (AvgIpc) is 3.69. The van der Waals surface area contributed by atoms with Gasteiger partial charge in [-0.05, 0) is 93.5 Å². The molecule has 0 aromatic rings. The van der Waals surface area contributed by atoms with Crippen molar-refractivity contribution in [1.29, 1.82) is 0 Å². The van der Waals surface area contributed by atoms with E-state index in [4.69, 9.17) is 23.5 Å². The van der Waals surface area contributed by atoms with Gasteiger partial charge in [-0.1, -0.05) is 87.3 Å². The van der Waals surface area contributed by atoms with Crippen LogP contribution in [0.2, 0.25) is 18.1 Å². The van der Waals surface area contributed by atoms with Crippen molar-refractivity contribution in [2.75, 3.05) is 14.2 Å². The first kappa shape index (κ1) is 43.6. The van der Waals surface area contributed by atoms with Crippen LogP contribution in [-0.4, -0.2) is 76.0 Å². The summed E-state index contributed by atoms with van der Waals surface area (Å²) >= 11 is 0. The third-order valence-electron chi connectivity index (χ3n) is 11.1. The van der Waals surface area contributed by atoms with E-state index in [0.29, 0.717) is 18.6 Å². The Labute approximate surface area is 301 Å². The van der Waals surface area contributed by atoms with Crippen molar-refractivity contribution in [2.45, 2.75) is 193 Å². The summed E-state index contributed by atoms with van der Waals surface area (Å²) in [6.45, 7) is 28.1. The van der Waals surface area contributed by atoms with Gasteiger partial charge in [-0.3, -0.25) is 14.4 Å². The number of carbonyl (C=O) groups is 2. The molecule has 3 saturated heterocycles. The summed E-state index contributed by atoms with van der Waals surface area (Å²) in [5, 5.41) is 1.44. The monoisotopic (exact) mass is 708 g/mol. The second kappa shape index (κ2) is 20.5. The van der Waals surface area contributed by atoms with Gasteiger partial charge >= 0.3 is 5.97 Å². The molecular weight excluding hydrogens is 635 g/mol. The van der Waals surface area contributed by atoms with E-state index in [2.05, 4.69) is 60.9 Å². The zero-order valence-corrected chi connectivity index (χ0v) is 34.2. The number of unbranched alkanes of at least 4 members (excludes halogenated alkanes) is 2. The molecule has 3 heterocycles. The van der Waals surface area contributed by atoms with Crippen molar-refractivity contribution in [3.63, 3.8) is 0 Å². The number of carbonyl (C=O) groups excluding carboxylic acids is 2. The highest BCUT2D eigenvalue weighted by atomic mass is 28.4. The maximum absolute atomic E-state index is 12.5. The van der Waals surface area contributed by atoms with Crippen LogP contribution in [0.3, 0.4) is 0 Å². The van der Waals surface area contributed by atoms with Gasteiger partial charge in [0.2, 0.25) is 5.91 Å². The Bertz CT molecular complexity index is 1060. The molecule has 0 aliphatic carbocycles. The standard InChI is InChI=1S/C24H47NO4Si.C16H26O3/c1-11-12-13-20-16-18(2)22(28-20)15-14-21(29-30(9,10)24(4,5)6)17-19(3)23(26)25(7)27-8;1-4-5-6-13-9-11(2)15(18-13)8-7-14-10-12(3)16(17)19-14/h19-22H,2,11-17H2,1,3-10H3;12-15H,2,4-10H2,1,3H3/t19-,20?,21-,22?;12-,13?,14?,15?/m11/s1. The Balaban J connectivity index is 0.000000374. The van der Waals surface area contributed by atoms with E-state index >= 15 is 0 Å². The zero-order valence-electron chi connectivity index (χ0n) is 33.2. The fourth-order valence-corrected chi connectivity index (χ4v) is 8.13. The molecule has 49 heavy (non-hydrogen) atoms. The lowest BCUT2D eigenvalue weighted by Crippen LogP contribution is -2.45. The van der Waals surface area contributed by atoms with Crippen LogP contribution in [0.25, 0.3) is 0 Å². The summed E-state index contributed by atoms with van der Waals surface area (Å²) < 4.78 is 24.4. The normalized spacial score (nSPS) is 27.1. The number of ether oxygens (including phenoxy) is 3. The summed E-state index contributed by atoms with van der Waals surface area (Å²) in [5.74, 6) is -0.149. The molecule has 0 saturated carbocycles. The van der Waals surface area contributed by atoms with Crippen molar-refractivity contribution >= 4 is 20.2 Å². The molecule has 3 fully saturated rings. The third-order valence-corrected chi connectivity index (χ3v) is 15.6. The van der Waals surface area contributed by atoms with Crippen LogP contribution in [0.15, 0.2) is 24.3 Å². The first-order chi connectivity index (χ1) is 22.9. The summed E-state index contributed by atoms with van der Waals surface area (Å²) in [7, 11) is 1.23. The molecule has 0 aromatic carbocycles. The first-order valence-electron chi connectivity index (χ1n) is 19.3. The number of nitrogens with zero attached hydrogens (tertiary/aromatic N) is 1. The van der Waals surface area contributed by atoms with E-state index in [9.17, 15) is 9.59 Å². The van der Waals surface area contributed by atoms with Gasteiger partial charge in [0.1, 0.15) is 6.10 Å². The van der Waals surface area contributed by atoms with Gasteiger partial charge < -0.3 is 18.6 Å². The lowest BCUT2D eigenvalue weighted by molar-refractivity contribution is -0.173. The van der Waals surface area contributed by atoms with Gasteiger partial charge in [-0.15, -0.1) is 0 Å². The van der Waals surface area contributed by atoms with Crippen LogP contribution in [0.1, 0.15) is 138 Å². The second-order valence-electron chi connectivity index (χ2n) is 16.5. The van der Waals surface area contributed by atoms with Gasteiger partial charge in [0.25, 0.3) is 0 Å². The SMILES string of the molecule is C=C1CC(CCCC)OC1CCC1C[C@@H](C)C(=O)O1.C=C1CC(CCCC)OC1CC[C@H](C[C@@H](C)C(=O)N(C)OC)O[Si](C)(C)C(C)(C)C. The number of amides is 1. The van der Waals surface area contributed by atoms with E-state index < -0.39 is 8.32 Å². The van der Waals surface area contributed by atoms with Crippen LogP contribution >= 0.6 is 0 Å². The Hall–Kier alpha value is -1.52. The van der Waals surface area contributed by atoms with E-state index in [1.54, 1.807) is 7.05 Å². The van der Waals surface area contributed by atoms with Crippen molar-refractivity contribution in [3.8, 4) is 0 Å². The molecule has 1 amide bonds. The molecule has 8 atom stereocenters. The number of hydroxylamine groups is 2. The lowest BCUT2D eigenvalue weighted by Gasteiger charge is -2.40. The largest absolute Gasteiger partial charge is 0.462 e. The maximum Gasteiger partial charge on any atom is 0.309 e. The van der Waals surface area contributed by atoms with Gasteiger partial charge in [0.15, 0.2) is 8.32 Å². The Kier molecular flexibility index (Phi) is 18.3. The zero-order chi connectivity index (χ0) is 36.9. The summed E-state index contributed by atoms with van der Waals surface area (Å²) in [5.41, 5.74) is 2.43. The van der Waals surface area contributed by atoms with E-state index in [-0.39, 0.29) is 53.2 Å². The average molecular weight is 708 g/mol. The van der Waals surface area contributed by atoms with Crippen molar-refractivity contribution in [1.82, 2.24) is 5.06 Å². The summed E-state index contributed by atoms with van der Waals surface area (Å²) in [6, 6.07) is 0. The molecule has 284 valence electrons.